The Morgan fingerprint density at radius 1 is 1.35 bits per heavy atom. The molecule has 0 bridgehead atoms. The van der Waals surface area contributed by atoms with Crippen LogP contribution in [0.3, 0.4) is 0 Å². The monoisotopic (exact) mass is 317 g/mol. The smallest absolute Gasteiger partial charge is 0.126 e. The maximum atomic E-state index is 13.9. The van der Waals surface area contributed by atoms with Gasteiger partial charge in [0.1, 0.15) is 5.82 Å². The zero-order valence-electron chi connectivity index (χ0n) is 13.8. The molecule has 0 amide bonds. The molecule has 23 heavy (non-hydrogen) atoms. The van der Waals surface area contributed by atoms with Gasteiger partial charge in [0.25, 0.3) is 0 Å². The minimum Gasteiger partial charge on any atom is -0.380 e. The lowest BCUT2D eigenvalue weighted by atomic mass is 9.87. The van der Waals surface area contributed by atoms with Crippen molar-refractivity contribution >= 4 is 0 Å². The molecular formula is C18H24FN3O. The number of methoxy groups -OCH3 is 1. The van der Waals surface area contributed by atoms with Crippen LogP contribution in [0.5, 0.6) is 0 Å². The Hall–Kier alpha value is -1.72. The zero-order chi connectivity index (χ0) is 16.2. The zero-order valence-corrected chi connectivity index (χ0v) is 13.8. The summed E-state index contributed by atoms with van der Waals surface area (Å²) in [5.41, 5.74) is 2.01. The number of piperidine rings is 1. The van der Waals surface area contributed by atoms with E-state index < -0.39 is 0 Å². The predicted octanol–water partition coefficient (Wildman–Crippen LogP) is 2.64. The molecule has 1 aromatic carbocycles. The van der Waals surface area contributed by atoms with Crippen LogP contribution < -0.4 is 0 Å². The molecule has 0 radical (unpaired) electrons. The number of nitrogens with zero attached hydrogens (tertiary/aromatic N) is 3. The van der Waals surface area contributed by atoms with Crippen LogP contribution in [-0.4, -0.2) is 41.0 Å². The minimum absolute atomic E-state index is 0.111. The number of halogens is 1. The molecule has 0 N–H and O–H groups in total. The van der Waals surface area contributed by atoms with Gasteiger partial charge in [0.2, 0.25) is 0 Å². The van der Waals surface area contributed by atoms with Crippen molar-refractivity contribution in [3.63, 3.8) is 0 Å². The van der Waals surface area contributed by atoms with Crippen molar-refractivity contribution in [3.8, 4) is 0 Å². The quantitative estimate of drug-likeness (QED) is 0.849. The number of likely N-dealkylation sites (tertiary alicyclic amines) is 1. The third-order valence-corrected chi connectivity index (χ3v) is 4.69. The second kappa shape index (κ2) is 7.23. The van der Waals surface area contributed by atoms with E-state index in [2.05, 4.69) is 10.00 Å². The number of ether oxygens (including phenoxy) is 1. The van der Waals surface area contributed by atoms with E-state index in [0.29, 0.717) is 5.92 Å². The molecule has 4 nitrogen and oxygen atoms in total. The molecule has 1 aliphatic heterocycles. The fraction of sp³-hybridized carbons (Fsp3) is 0.500. The van der Waals surface area contributed by atoms with E-state index in [-0.39, 0.29) is 11.9 Å². The number of hydrogen-bond donors (Lipinski definition) is 0. The average molecular weight is 317 g/mol. The lowest BCUT2D eigenvalue weighted by molar-refractivity contribution is -0.0138. The Morgan fingerprint density at radius 2 is 2.17 bits per heavy atom. The predicted molar refractivity (Wildman–Crippen MR) is 87.5 cm³/mol. The number of benzene rings is 1. The van der Waals surface area contributed by atoms with E-state index in [1.54, 1.807) is 13.2 Å². The van der Waals surface area contributed by atoms with Crippen molar-refractivity contribution in [2.75, 3.05) is 20.2 Å². The lowest BCUT2D eigenvalue weighted by Crippen LogP contribution is -2.45. The van der Waals surface area contributed by atoms with E-state index >= 15 is 0 Å². The number of aromatic nitrogens is 2. The number of hydrogen-bond acceptors (Lipinski definition) is 3. The summed E-state index contributed by atoms with van der Waals surface area (Å²) in [4.78, 5) is 2.39. The van der Waals surface area contributed by atoms with Crippen LogP contribution in [0.2, 0.25) is 0 Å². The minimum atomic E-state index is -0.111. The van der Waals surface area contributed by atoms with Gasteiger partial charge >= 0.3 is 0 Å². The highest BCUT2D eigenvalue weighted by molar-refractivity contribution is 5.18. The standard InChI is InChI=1S/C18H24FN3O/c1-21-11-14(10-20-21)12-22-8-7-16(18(13-22)23-2)9-15-5-3-4-6-17(15)19/h3-6,10-11,16,18H,7-9,12-13H2,1-2H3/t16-,18-/m1/s1. The molecule has 124 valence electrons. The van der Waals surface area contributed by atoms with E-state index in [4.69, 9.17) is 4.74 Å². The maximum absolute atomic E-state index is 13.9. The molecule has 1 aromatic heterocycles. The molecule has 3 rings (SSSR count). The summed E-state index contributed by atoms with van der Waals surface area (Å²) in [6, 6.07) is 7.06. The van der Waals surface area contributed by atoms with Crippen LogP contribution in [0, 0.1) is 11.7 Å². The van der Waals surface area contributed by atoms with Gasteiger partial charge in [-0.1, -0.05) is 18.2 Å². The second-order valence-corrected chi connectivity index (χ2v) is 6.38. The number of aryl methyl sites for hydroxylation is 1. The fourth-order valence-electron chi connectivity index (χ4n) is 3.43. The molecule has 2 aromatic rings. The van der Waals surface area contributed by atoms with Gasteiger partial charge in [-0.05, 0) is 36.9 Å². The van der Waals surface area contributed by atoms with E-state index in [1.807, 2.05) is 36.3 Å². The molecule has 0 spiro atoms. The summed E-state index contributed by atoms with van der Waals surface area (Å²) < 4.78 is 21.4. The fourth-order valence-corrected chi connectivity index (χ4v) is 3.43. The number of rotatable bonds is 5. The first kappa shape index (κ1) is 16.1. The van der Waals surface area contributed by atoms with Crippen LogP contribution in [-0.2, 0) is 24.8 Å². The van der Waals surface area contributed by atoms with Crippen molar-refractivity contribution in [3.05, 3.63) is 53.6 Å². The van der Waals surface area contributed by atoms with Crippen molar-refractivity contribution < 1.29 is 9.13 Å². The van der Waals surface area contributed by atoms with Gasteiger partial charge in [-0.3, -0.25) is 9.58 Å². The topological polar surface area (TPSA) is 30.3 Å². The summed E-state index contributed by atoms with van der Waals surface area (Å²) in [6.45, 7) is 2.78. The summed E-state index contributed by atoms with van der Waals surface area (Å²) in [5.74, 6) is 0.252. The van der Waals surface area contributed by atoms with Crippen molar-refractivity contribution in [1.29, 1.82) is 0 Å². The SMILES string of the molecule is CO[C@@H]1CN(Cc2cnn(C)c2)CC[C@@H]1Cc1ccccc1F. The van der Waals surface area contributed by atoms with Gasteiger partial charge in [0.15, 0.2) is 0 Å². The lowest BCUT2D eigenvalue weighted by Gasteiger charge is -2.37. The van der Waals surface area contributed by atoms with Gasteiger partial charge in [0, 0.05) is 39.0 Å². The first-order valence-corrected chi connectivity index (χ1v) is 8.12. The van der Waals surface area contributed by atoms with E-state index in [1.165, 1.54) is 11.6 Å². The van der Waals surface area contributed by atoms with Crippen LogP contribution in [0.25, 0.3) is 0 Å². The normalized spacial score (nSPS) is 22.4. The van der Waals surface area contributed by atoms with Crippen LogP contribution in [0.4, 0.5) is 4.39 Å². The summed E-state index contributed by atoms with van der Waals surface area (Å²) >= 11 is 0. The molecule has 0 saturated carbocycles. The third kappa shape index (κ3) is 3.98. The molecule has 0 unspecified atom stereocenters. The molecule has 2 heterocycles. The Labute approximate surface area is 136 Å². The molecule has 5 heteroatoms. The molecule has 2 atom stereocenters. The highest BCUT2D eigenvalue weighted by Gasteiger charge is 2.30. The van der Waals surface area contributed by atoms with Gasteiger partial charge in [0.05, 0.1) is 12.3 Å². The van der Waals surface area contributed by atoms with Gasteiger partial charge < -0.3 is 4.74 Å². The largest absolute Gasteiger partial charge is 0.380 e. The summed E-state index contributed by atoms with van der Waals surface area (Å²) in [7, 11) is 3.69. The highest BCUT2D eigenvalue weighted by Crippen LogP contribution is 2.26. The highest BCUT2D eigenvalue weighted by atomic mass is 19.1. The molecule has 1 fully saturated rings. The average Bonchev–Trinajstić information content (AvgIpc) is 2.96. The summed E-state index contributed by atoms with van der Waals surface area (Å²) in [5, 5.41) is 4.22. The Bertz CT molecular complexity index is 643. The Balaban J connectivity index is 1.61. The maximum Gasteiger partial charge on any atom is 0.126 e. The van der Waals surface area contributed by atoms with Crippen molar-refractivity contribution in [2.45, 2.75) is 25.5 Å². The van der Waals surface area contributed by atoms with Crippen molar-refractivity contribution in [1.82, 2.24) is 14.7 Å². The van der Waals surface area contributed by atoms with Crippen LogP contribution >= 0.6 is 0 Å². The second-order valence-electron chi connectivity index (χ2n) is 6.38. The Kier molecular flexibility index (Phi) is 5.08. The Morgan fingerprint density at radius 3 is 2.87 bits per heavy atom. The van der Waals surface area contributed by atoms with E-state index in [9.17, 15) is 4.39 Å². The first-order valence-electron chi connectivity index (χ1n) is 8.12. The van der Waals surface area contributed by atoms with Crippen LogP contribution in [0.15, 0.2) is 36.7 Å². The molecular weight excluding hydrogens is 293 g/mol. The molecule has 1 aliphatic rings. The van der Waals surface area contributed by atoms with Crippen LogP contribution in [0.1, 0.15) is 17.5 Å². The van der Waals surface area contributed by atoms with Gasteiger partial charge in [-0.25, -0.2) is 4.39 Å². The summed E-state index contributed by atoms with van der Waals surface area (Å²) in [6.07, 6.45) is 5.86. The molecule has 0 aliphatic carbocycles. The van der Waals surface area contributed by atoms with Gasteiger partial charge in [-0.2, -0.15) is 5.10 Å². The third-order valence-electron chi connectivity index (χ3n) is 4.69. The van der Waals surface area contributed by atoms with Crippen molar-refractivity contribution in [2.24, 2.45) is 13.0 Å². The first-order chi connectivity index (χ1) is 11.2. The van der Waals surface area contributed by atoms with Gasteiger partial charge in [-0.15, -0.1) is 0 Å². The molecule has 1 saturated heterocycles. The van der Waals surface area contributed by atoms with E-state index in [0.717, 1.165) is 38.0 Å².